The zero-order chi connectivity index (χ0) is 36.2. The molecule has 0 N–H and O–H groups in total. The van der Waals surface area contributed by atoms with E-state index < -0.39 is 0 Å². The summed E-state index contributed by atoms with van der Waals surface area (Å²) in [5.41, 5.74) is 4.02. The van der Waals surface area contributed by atoms with Crippen LogP contribution in [0.2, 0.25) is 0 Å². The van der Waals surface area contributed by atoms with Crippen LogP contribution in [0.15, 0.2) is 152 Å². The molecular formula is C43H25F2N7O2. The lowest BCUT2D eigenvalue weighted by Gasteiger charge is -2.13. The van der Waals surface area contributed by atoms with E-state index in [0.29, 0.717) is 46.0 Å². The number of para-hydroxylation sites is 2. The van der Waals surface area contributed by atoms with Crippen molar-refractivity contribution >= 4 is 43.6 Å². The van der Waals surface area contributed by atoms with E-state index in [1.807, 2.05) is 106 Å². The number of fused-ring (bicyclic) bond motifs is 6. The van der Waals surface area contributed by atoms with Crippen LogP contribution in [0.3, 0.4) is 0 Å². The van der Waals surface area contributed by atoms with Crippen LogP contribution < -0.4 is 9.47 Å². The number of ether oxygens (including phenoxy) is 2. The predicted molar refractivity (Wildman–Crippen MR) is 202 cm³/mol. The van der Waals surface area contributed by atoms with Crippen molar-refractivity contribution in [3.63, 3.8) is 0 Å². The van der Waals surface area contributed by atoms with Crippen molar-refractivity contribution in [3.05, 3.63) is 164 Å². The van der Waals surface area contributed by atoms with Crippen LogP contribution in [0.1, 0.15) is 0 Å². The summed E-state index contributed by atoms with van der Waals surface area (Å²) < 4.78 is 45.7. The Hall–Kier alpha value is -7.53. The molecule has 0 spiro atoms. The van der Waals surface area contributed by atoms with Crippen molar-refractivity contribution in [1.82, 2.24) is 34.1 Å². The summed E-state index contributed by atoms with van der Waals surface area (Å²) >= 11 is 0. The first kappa shape index (κ1) is 31.2. The molecule has 0 radical (unpaired) electrons. The van der Waals surface area contributed by atoms with E-state index in [4.69, 9.17) is 9.47 Å². The molecule has 0 amide bonds. The maximum absolute atomic E-state index is 14.4. The summed E-state index contributed by atoms with van der Waals surface area (Å²) in [6.45, 7) is 0. The average molecular weight is 710 g/mol. The molecule has 54 heavy (non-hydrogen) atoms. The lowest BCUT2D eigenvalue weighted by Crippen LogP contribution is -1.98. The Morgan fingerprint density at radius 3 is 1.41 bits per heavy atom. The molecule has 10 aromatic rings. The fourth-order valence-electron chi connectivity index (χ4n) is 7.03. The number of aromatic nitrogens is 7. The first-order valence-electron chi connectivity index (χ1n) is 17.0. The molecule has 9 nitrogen and oxygen atoms in total. The van der Waals surface area contributed by atoms with Crippen LogP contribution in [-0.4, -0.2) is 34.1 Å². The number of rotatable bonds is 7. The van der Waals surface area contributed by atoms with Gasteiger partial charge in [0.2, 0.25) is 0 Å². The van der Waals surface area contributed by atoms with E-state index in [2.05, 4.69) is 24.9 Å². The molecule has 0 saturated carbocycles. The normalized spacial score (nSPS) is 11.5. The number of hydrogen-bond donors (Lipinski definition) is 0. The summed E-state index contributed by atoms with van der Waals surface area (Å²) in [5.74, 6) is 2.58. The van der Waals surface area contributed by atoms with Gasteiger partial charge in [-0.3, -0.25) is 9.13 Å². The molecule has 5 aromatic heterocycles. The molecular weight excluding hydrogens is 685 g/mol. The van der Waals surface area contributed by atoms with Gasteiger partial charge in [-0.1, -0.05) is 36.4 Å². The Bertz CT molecular complexity index is 2870. The Morgan fingerprint density at radius 2 is 0.907 bits per heavy atom. The van der Waals surface area contributed by atoms with Crippen LogP contribution in [0.25, 0.3) is 66.6 Å². The number of pyridine rings is 2. The summed E-state index contributed by atoms with van der Waals surface area (Å²) in [7, 11) is 0. The topological polar surface area (TPSA) is 92.8 Å². The highest BCUT2D eigenvalue weighted by Gasteiger charge is 2.17. The standard InChI is InChI=1S/C43H25F2N7O2/c44-27-13-15-47-41(19-27)51-37-7-3-1-5-33(37)35-11-9-29(22-39(35)51)53-31-17-26(43-49-24-46-25-50-43)18-32(21-31)54-30-10-12-36-34-6-2-4-8-38(34)52(40(36)23-30)42-20-28(45)14-16-48-42/h1-25H. The van der Waals surface area contributed by atoms with Gasteiger partial charge in [0.05, 0.1) is 22.1 Å². The molecule has 0 aliphatic carbocycles. The van der Waals surface area contributed by atoms with Crippen molar-refractivity contribution in [2.24, 2.45) is 0 Å². The largest absolute Gasteiger partial charge is 0.457 e. The van der Waals surface area contributed by atoms with Gasteiger partial charge in [0.15, 0.2) is 5.82 Å². The molecule has 258 valence electrons. The Labute approximate surface area is 305 Å². The van der Waals surface area contributed by atoms with Crippen LogP contribution in [0.4, 0.5) is 8.78 Å². The maximum Gasteiger partial charge on any atom is 0.162 e. The molecule has 0 unspecified atom stereocenters. The molecule has 5 aromatic carbocycles. The zero-order valence-corrected chi connectivity index (χ0v) is 28.1. The van der Waals surface area contributed by atoms with Gasteiger partial charge in [-0.15, -0.1) is 0 Å². The summed E-state index contributed by atoms with van der Waals surface area (Å²) in [6, 6.07) is 38.3. The second-order valence-electron chi connectivity index (χ2n) is 12.6. The quantitative estimate of drug-likeness (QED) is 0.163. The van der Waals surface area contributed by atoms with Crippen molar-refractivity contribution in [2.75, 3.05) is 0 Å². The highest BCUT2D eigenvalue weighted by molar-refractivity contribution is 6.10. The van der Waals surface area contributed by atoms with Gasteiger partial charge in [-0.05, 0) is 60.7 Å². The maximum atomic E-state index is 14.4. The minimum atomic E-state index is -0.382. The van der Waals surface area contributed by atoms with E-state index in [1.165, 1.54) is 49.3 Å². The predicted octanol–water partition coefficient (Wildman–Crippen LogP) is 10.4. The smallest absolute Gasteiger partial charge is 0.162 e. The minimum absolute atomic E-state index is 0.382. The average Bonchev–Trinajstić information content (AvgIpc) is 3.70. The third-order valence-electron chi connectivity index (χ3n) is 9.27. The fraction of sp³-hybridized carbons (Fsp3) is 0. The minimum Gasteiger partial charge on any atom is -0.457 e. The van der Waals surface area contributed by atoms with E-state index in [1.54, 1.807) is 6.07 Å². The second kappa shape index (κ2) is 12.6. The molecule has 0 atom stereocenters. The molecule has 0 bridgehead atoms. The highest BCUT2D eigenvalue weighted by Crippen LogP contribution is 2.39. The molecule has 5 heterocycles. The zero-order valence-electron chi connectivity index (χ0n) is 28.1. The Morgan fingerprint density at radius 1 is 0.426 bits per heavy atom. The number of hydrogen-bond acceptors (Lipinski definition) is 7. The molecule has 0 fully saturated rings. The summed E-state index contributed by atoms with van der Waals surface area (Å²) in [4.78, 5) is 21.7. The third kappa shape index (κ3) is 5.42. The van der Waals surface area contributed by atoms with Crippen molar-refractivity contribution < 1.29 is 18.3 Å². The number of benzene rings is 5. The van der Waals surface area contributed by atoms with E-state index in [0.717, 1.165) is 43.6 Å². The highest BCUT2D eigenvalue weighted by atomic mass is 19.1. The first-order chi connectivity index (χ1) is 26.6. The lowest BCUT2D eigenvalue weighted by molar-refractivity contribution is 0.461. The molecule has 11 heteroatoms. The van der Waals surface area contributed by atoms with Gasteiger partial charge in [0.1, 0.15) is 58.9 Å². The summed E-state index contributed by atoms with van der Waals surface area (Å²) in [6.07, 6.45) is 5.76. The molecule has 0 aliphatic heterocycles. The van der Waals surface area contributed by atoms with Crippen molar-refractivity contribution in [2.45, 2.75) is 0 Å². The Kier molecular flexibility index (Phi) is 7.29. The summed E-state index contributed by atoms with van der Waals surface area (Å²) in [5, 5.41) is 3.94. The monoisotopic (exact) mass is 709 g/mol. The SMILES string of the molecule is Fc1ccnc(-n2c3ccccc3c3ccc(Oc4cc(Oc5ccc6c7ccccc7n(-c7cc(F)ccn7)c6c5)cc(-c5ncncn5)c4)cc32)c1. The molecule has 0 saturated heterocycles. The van der Waals surface area contributed by atoms with Gasteiger partial charge in [0, 0.05) is 69.8 Å². The Balaban J connectivity index is 1.07. The fourth-order valence-corrected chi connectivity index (χ4v) is 7.03. The van der Waals surface area contributed by atoms with Gasteiger partial charge in [0.25, 0.3) is 0 Å². The third-order valence-corrected chi connectivity index (χ3v) is 9.27. The first-order valence-corrected chi connectivity index (χ1v) is 17.0. The molecule has 0 aliphatic rings. The lowest BCUT2D eigenvalue weighted by atomic mass is 10.1. The van der Waals surface area contributed by atoms with E-state index in [-0.39, 0.29) is 11.6 Å². The van der Waals surface area contributed by atoms with Crippen LogP contribution in [0, 0.1) is 11.6 Å². The van der Waals surface area contributed by atoms with Crippen LogP contribution >= 0.6 is 0 Å². The van der Waals surface area contributed by atoms with E-state index >= 15 is 0 Å². The van der Waals surface area contributed by atoms with E-state index in [9.17, 15) is 8.78 Å². The molecule has 10 rings (SSSR count). The van der Waals surface area contributed by atoms with Crippen LogP contribution in [-0.2, 0) is 0 Å². The number of halogens is 2. The number of nitrogens with zero attached hydrogens (tertiary/aromatic N) is 7. The second-order valence-corrected chi connectivity index (χ2v) is 12.6. The van der Waals surface area contributed by atoms with Crippen molar-refractivity contribution in [3.8, 4) is 46.0 Å². The van der Waals surface area contributed by atoms with Crippen molar-refractivity contribution in [1.29, 1.82) is 0 Å². The van der Waals surface area contributed by atoms with Gasteiger partial charge in [-0.2, -0.15) is 0 Å². The van der Waals surface area contributed by atoms with Crippen LogP contribution in [0.5, 0.6) is 23.0 Å². The van der Waals surface area contributed by atoms with Gasteiger partial charge >= 0.3 is 0 Å². The van der Waals surface area contributed by atoms with Gasteiger partial charge < -0.3 is 9.47 Å². The van der Waals surface area contributed by atoms with Gasteiger partial charge in [-0.25, -0.2) is 33.7 Å².